The molecule has 0 aliphatic rings. The summed E-state index contributed by atoms with van der Waals surface area (Å²) >= 11 is 3.17. The van der Waals surface area contributed by atoms with Crippen molar-refractivity contribution in [2.75, 3.05) is 5.32 Å². The largest absolute Gasteiger partial charge is 0.444 e. The Labute approximate surface area is 144 Å². The number of aromatic amines is 1. The monoisotopic (exact) mass is 384 g/mol. The molecule has 0 saturated heterocycles. The number of oxazole rings is 1. The molecule has 0 fully saturated rings. The summed E-state index contributed by atoms with van der Waals surface area (Å²) in [5.41, 5.74) is 2.85. The van der Waals surface area contributed by atoms with Crippen LogP contribution in [0.25, 0.3) is 22.7 Å². The second-order valence-corrected chi connectivity index (χ2v) is 5.82. The molecule has 1 aromatic carbocycles. The van der Waals surface area contributed by atoms with Crippen LogP contribution in [0.15, 0.2) is 68.2 Å². The number of nitrogens with one attached hydrogen (secondary N) is 2. The van der Waals surface area contributed by atoms with Gasteiger partial charge in [-0.3, -0.25) is 4.79 Å². The summed E-state index contributed by atoms with van der Waals surface area (Å²) in [6, 6.07) is 14.2. The summed E-state index contributed by atoms with van der Waals surface area (Å²) in [4.78, 5) is 19.5. The molecule has 24 heavy (non-hydrogen) atoms. The number of aromatic nitrogens is 2. The van der Waals surface area contributed by atoms with E-state index in [1.165, 1.54) is 0 Å². The van der Waals surface area contributed by atoms with E-state index in [0.29, 0.717) is 27.5 Å². The van der Waals surface area contributed by atoms with Crippen LogP contribution in [0.3, 0.4) is 0 Å². The second kappa shape index (κ2) is 5.93. The van der Waals surface area contributed by atoms with Crippen LogP contribution in [0, 0.1) is 0 Å². The summed E-state index contributed by atoms with van der Waals surface area (Å²) in [5, 5.41) is 2.77. The normalized spacial score (nSPS) is 10.9. The van der Waals surface area contributed by atoms with Crippen LogP contribution in [0.2, 0.25) is 0 Å². The van der Waals surface area contributed by atoms with Gasteiger partial charge in [0.05, 0.1) is 11.8 Å². The highest BCUT2D eigenvalue weighted by molar-refractivity contribution is 9.10. The number of hydrogen-bond donors (Lipinski definition) is 1. The Morgan fingerprint density at radius 2 is 1.92 bits per heavy atom. The molecule has 7 heteroatoms. The molecule has 3 heterocycles. The van der Waals surface area contributed by atoms with Crippen molar-refractivity contribution in [1.29, 1.82) is 0 Å². The van der Waals surface area contributed by atoms with Gasteiger partial charge in [0.2, 0.25) is 5.58 Å². The summed E-state index contributed by atoms with van der Waals surface area (Å²) in [5.74, 6) is 0.436. The zero-order chi connectivity index (χ0) is 16.5. The van der Waals surface area contributed by atoms with Gasteiger partial charge in [0.25, 0.3) is 5.91 Å². The topological polar surface area (TPSA) is 82.4 Å². The summed E-state index contributed by atoms with van der Waals surface area (Å²) < 4.78 is 11.4. The number of rotatable bonds is 3. The SMILES string of the molecule is O=C(Nc1ccc(-c2nc3[nH+]cccc3o2)cc1)c1ccc(Br)o1. The van der Waals surface area contributed by atoms with E-state index in [-0.39, 0.29) is 11.7 Å². The standard InChI is InChI=1S/C17H10BrN3O3/c18-14-8-7-13(23-14)16(22)20-11-5-3-10(4-6-11)17-21-15-12(24-17)2-1-9-19-15/h1-9H,(H,20,22)/p+1. The maximum absolute atomic E-state index is 12.0. The molecular weight excluding hydrogens is 374 g/mol. The first-order valence-corrected chi connectivity index (χ1v) is 7.93. The van der Waals surface area contributed by atoms with Gasteiger partial charge in [-0.2, -0.15) is 0 Å². The van der Waals surface area contributed by atoms with Crippen molar-refractivity contribution in [3.63, 3.8) is 0 Å². The van der Waals surface area contributed by atoms with E-state index in [0.717, 1.165) is 5.56 Å². The van der Waals surface area contributed by atoms with Crippen molar-refractivity contribution in [2.24, 2.45) is 0 Å². The van der Waals surface area contributed by atoms with Gasteiger partial charge < -0.3 is 14.2 Å². The van der Waals surface area contributed by atoms with Crippen LogP contribution in [-0.2, 0) is 0 Å². The molecule has 4 rings (SSSR count). The van der Waals surface area contributed by atoms with E-state index in [9.17, 15) is 4.79 Å². The maximum atomic E-state index is 12.0. The van der Waals surface area contributed by atoms with E-state index in [1.807, 2.05) is 24.3 Å². The maximum Gasteiger partial charge on any atom is 0.368 e. The summed E-state index contributed by atoms with van der Waals surface area (Å²) in [6.45, 7) is 0. The molecule has 0 unspecified atom stereocenters. The predicted molar refractivity (Wildman–Crippen MR) is 90.4 cm³/mol. The lowest BCUT2D eigenvalue weighted by atomic mass is 10.2. The third-order valence-electron chi connectivity index (χ3n) is 3.40. The van der Waals surface area contributed by atoms with Crippen LogP contribution >= 0.6 is 15.9 Å². The highest BCUT2D eigenvalue weighted by Gasteiger charge is 2.16. The van der Waals surface area contributed by atoms with Crippen molar-refractivity contribution >= 4 is 38.8 Å². The number of furan rings is 1. The smallest absolute Gasteiger partial charge is 0.368 e. The highest BCUT2D eigenvalue weighted by Crippen LogP contribution is 2.24. The Bertz CT molecular complexity index is 988. The number of fused-ring (bicyclic) bond motifs is 1. The first kappa shape index (κ1) is 14.6. The van der Waals surface area contributed by atoms with Gasteiger partial charge in [0.1, 0.15) is 0 Å². The van der Waals surface area contributed by atoms with Crippen molar-refractivity contribution in [1.82, 2.24) is 4.98 Å². The molecule has 0 aliphatic carbocycles. The van der Waals surface area contributed by atoms with Crippen molar-refractivity contribution in [2.45, 2.75) is 0 Å². The van der Waals surface area contributed by atoms with E-state index < -0.39 is 0 Å². The van der Waals surface area contributed by atoms with Gasteiger partial charge >= 0.3 is 11.5 Å². The minimum Gasteiger partial charge on any atom is -0.444 e. The third-order valence-corrected chi connectivity index (χ3v) is 3.83. The van der Waals surface area contributed by atoms with Crippen LogP contribution < -0.4 is 10.3 Å². The molecule has 3 aromatic heterocycles. The van der Waals surface area contributed by atoms with Crippen molar-refractivity contribution < 1.29 is 18.6 Å². The van der Waals surface area contributed by atoms with Crippen LogP contribution in [0.1, 0.15) is 10.6 Å². The van der Waals surface area contributed by atoms with Crippen LogP contribution in [0.5, 0.6) is 0 Å². The average Bonchev–Trinajstić information content (AvgIpc) is 3.21. The molecule has 0 bridgehead atoms. The molecule has 0 radical (unpaired) electrons. The first-order valence-electron chi connectivity index (χ1n) is 7.13. The molecule has 2 N–H and O–H groups in total. The lowest BCUT2D eigenvalue weighted by molar-refractivity contribution is -0.347. The molecule has 4 aromatic rings. The molecule has 0 spiro atoms. The van der Waals surface area contributed by atoms with E-state index in [1.54, 1.807) is 30.5 Å². The van der Waals surface area contributed by atoms with Gasteiger partial charge in [0.15, 0.2) is 10.4 Å². The average molecular weight is 385 g/mol. The minimum atomic E-state index is -0.315. The molecular formula is C17H11BrN3O3+. The van der Waals surface area contributed by atoms with Crippen LogP contribution in [0.4, 0.5) is 5.69 Å². The van der Waals surface area contributed by atoms with Gasteiger partial charge in [-0.05, 0) is 64.5 Å². The predicted octanol–water partition coefficient (Wildman–Crippen LogP) is 3.92. The Kier molecular flexibility index (Phi) is 3.62. The molecule has 0 atom stereocenters. The number of benzene rings is 1. The van der Waals surface area contributed by atoms with Gasteiger partial charge in [-0.1, -0.05) is 0 Å². The first-order chi connectivity index (χ1) is 11.7. The fourth-order valence-electron chi connectivity index (χ4n) is 2.26. The minimum absolute atomic E-state index is 0.237. The molecule has 118 valence electrons. The van der Waals surface area contributed by atoms with Crippen molar-refractivity contribution in [3.05, 3.63) is 65.2 Å². The quantitative estimate of drug-likeness (QED) is 0.580. The van der Waals surface area contributed by atoms with E-state index in [2.05, 4.69) is 31.2 Å². The molecule has 6 nitrogen and oxygen atoms in total. The number of anilines is 1. The number of nitrogens with zero attached hydrogens (tertiary/aromatic N) is 1. The molecule has 0 aliphatic heterocycles. The zero-order valence-electron chi connectivity index (χ0n) is 12.2. The lowest BCUT2D eigenvalue weighted by Gasteiger charge is -2.03. The fraction of sp³-hybridized carbons (Fsp3) is 0. The summed E-state index contributed by atoms with van der Waals surface area (Å²) in [6.07, 6.45) is 1.79. The zero-order valence-corrected chi connectivity index (χ0v) is 13.8. The number of H-pyrrole nitrogens is 1. The third kappa shape index (κ3) is 2.81. The second-order valence-electron chi connectivity index (χ2n) is 5.04. The molecule has 1 amide bonds. The van der Waals surface area contributed by atoms with Gasteiger partial charge in [-0.15, -0.1) is 0 Å². The number of amides is 1. The number of pyridine rings is 1. The fourth-order valence-corrected chi connectivity index (χ4v) is 2.57. The number of halogens is 1. The highest BCUT2D eigenvalue weighted by atomic mass is 79.9. The van der Waals surface area contributed by atoms with Gasteiger partial charge in [0, 0.05) is 10.7 Å². The molecule has 0 saturated carbocycles. The van der Waals surface area contributed by atoms with E-state index in [4.69, 9.17) is 8.83 Å². The Balaban J connectivity index is 1.55. The lowest BCUT2D eigenvalue weighted by Crippen LogP contribution is -2.10. The Morgan fingerprint density at radius 1 is 1.08 bits per heavy atom. The van der Waals surface area contributed by atoms with Gasteiger partial charge in [-0.25, -0.2) is 4.98 Å². The summed E-state index contributed by atoms with van der Waals surface area (Å²) in [7, 11) is 0. The Morgan fingerprint density at radius 3 is 2.62 bits per heavy atom. The number of hydrogen-bond acceptors (Lipinski definition) is 4. The van der Waals surface area contributed by atoms with Crippen molar-refractivity contribution in [3.8, 4) is 11.5 Å². The van der Waals surface area contributed by atoms with Crippen LogP contribution in [-0.4, -0.2) is 10.9 Å². The number of carbonyl (C=O) groups is 1. The Hall–Kier alpha value is -2.93. The number of carbonyl (C=O) groups excluding carboxylic acids is 1. The van der Waals surface area contributed by atoms with E-state index >= 15 is 0 Å².